The highest BCUT2D eigenvalue weighted by Crippen LogP contribution is 2.23. The van der Waals surface area contributed by atoms with Crippen molar-refractivity contribution in [1.29, 1.82) is 0 Å². The van der Waals surface area contributed by atoms with Gasteiger partial charge >= 0.3 is 6.18 Å². The number of hydrogen-bond donors (Lipinski definition) is 2. The van der Waals surface area contributed by atoms with Crippen LogP contribution in [0.5, 0.6) is 0 Å². The molecule has 1 heterocycles. The maximum Gasteiger partial charge on any atom is 0.389 e. The van der Waals surface area contributed by atoms with Crippen LogP contribution in [0.1, 0.15) is 18.4 Å². The average molecular weight is 234 g/mol. The summed E-state index contributed by atoms with van der Waals surface area (Å²) in [6, 6.07) is 1.55. The predicted octanol–water partition coefficient (Wildman–Crippen LogP) is 1.91. The Hall–Kier alpha value is -1.30. The highest BCUT2D eigenvalue weighted by Gasteiger charge is 2.27. The Kier molecular flexibility index (Phi) is 4.12. The minimum Gasteiger partial charge on any atom is -0.398 e. The van der Waals surface area contributed by atoms with E-state index in [1.807, 2.05) is 0 Å². The Labute approximate surface area is 91.1 Å². The molecule has 1 rings (SSSR count). The van der Waals surface area contributed by atoms with E-state index in [-0.39, 0.29) is 12.8 Å². The summed E-state index contributed by atoms with van der Waals surface area (Å²) in [5.41, 5.74) is 6.58. The number of hydrogen-bond acceptors (Lipinski definition) is 3. The molecule has 3 nitrogen and oxygen atoms in total. The topological polar surface area (TPSA) is 59.1 Å². The summed E-state index contributed by atoms with van der Waals surface area (Å²) in [6.45, 7) is 0. The Bertz CT molecular complexity index is 341. The maximum absolute atomic E-state index is 11.9. The van der Waals surface area contributed by atoms with E-state index in [2.05, 4.69) is 4.98 Å². The molecule has 0 radical (unpaired) electrons. The molecular weight excluding hydrogens is 221 g/mol. The first-order chi connectivity index (χ1) is 7.38. The number of nitrogens with zero attached hydrogens (tertiary/aromatic N) is 1. The Balaban J connectivity index is 2.46. The zero-order valence-electron chi connectivity index (χ0n) is 8.54. The molecular formula is C10H13F3N2O. The van der Waals surface area contributed by atoms with Gasteiger partial charge in [0.25, 0.3) is 0 Å². The van der Waals surface area contributed by atoms with Gasteiger partial charge in [-0.1, -0.05) is 0 Å². The number of nitrogen functional groups attached to an aromatic ring is 1. The van der Waals surface area contributed by atoms with Crippen LogP contribution in [0.3, 0.4) is 0 Å². The summed E-state index contributed by atoms with van der Waals surface area (Å²) >= 11 is 0. The number of rotatable bonds is 4. The van der Waals surface area contributed by atoms with Crippen LogP contribution in [0.4, 0.5) is 18.9 Å². The number of nitrogens with two attached hydrogens (primary N) is 1. The first-order valence-corrected chi connectivity index (χ1v) is 4.81. The first-order valence-electron chi connectivity index (χ1n) is 4.81. The predicted molar refractivity (Wildman–Crippen MR) is 53.6 cm³/mol. The van der Waals surface area contributed by atoms with Crippen LogP contribution in [-0.4, -0.2) is 22.4 Å². The van der Waals surface area contributed by atoms with Crippen molar-refractivity contribution in [2.75, 3.05) is 5.73 Å². The zero-order valence-corrected chi connectivity index (χ0v) is 8.54. The molecule has 0 amide bonds. The third kappa shape index (κ3) is 4.48. The SMILES string of the molecule is Nc1ccncc1CC(O)CCC(F)(F)F. The zero-order chi connectivity index (χ0) is 12.2. The molecule has 0 saturated heterocycles. The second-order valence-electron chi connectivity index (χ2n) is 3.59. The molecule has 0 spiro atoms. The summed E-state index contributed by atoms with van der Waals surface area (Å²) in [4.78, 5) is 3.79. The monoisotopic (exact) mass is 234 g/mol. The summed E-state index contributed by atoms with van der Waals surface area (Å²) < 4.78 is 35.7. The van der Waals surface area contributed by atoms with E-state index < -0.39 is 18.7 Å². The fraction of sp³-hybridized carbons (Fsp3) is 0.500. The standard InChI is InChI=1S/C10H13F3N2O/c11-10(12,13)3-1-8(16)5-7-6-15-4-2-9(7)14/h2,4,6,8,16H,1,3,5H2,(H2,14,15). The number of aromatic nitrogens is 1. The summed E-state index contributed by atoms with van der Waals surface area (Å²) in [7, 11) is 0. The van der Waals surface area contributed by atoms with Crippen LogP contribution in [0.25, 0.3) is 0 Å². The molecule has 16 heavy (non-hydrogen) atoms. The maximum atomic E-state index is 11.9. The highest BCUT2D eigenvalue weighted by molar-refractivity contribution is 5.44. The van der Waals surface area contributed by atoms with Gasteiger partial charge in [0, 0.05) is 30.9 Å². The van der Waals surface area contributed by atoms with Crippen LogP contribution < -0.4 is 5.73 Å². The Morgan fingerprint density at radius 2 is 2.12 bits per heavy atom. The minimum atomic E-state index is -4.23. The molecule has 0 aliphatic carbocycles. The van der Waals surface area contributed by atoms with Crippen molar-refractivity contribution in [2.24, 2.45) is 0 Å². The van der Waals surface area contributed by atoms with Gasteiger partial charge in [-0.05, 0) is 18.1 Å². The molecule has 0 fully saturated rings. The number of aliphatic hydroxyl groups is 1. The van der Waals surface area contributed by atoms with Gasteiger partial charge < -0.3 is 10.8 Å². The van der Waals surface area contributed by atoms with Crippen LogP contribution in [0.2, 0.25) is 0 Å². The van der Waals surface area contributed by atoms with E-state index in [4.69, 9.17) is 5.73 Å². The van der Waals surface area contributed by atoms with E-state index in [1.165, 1.54) is 12.4 Å². The number of halogens is 3. The van der Waals surface area contributed by atoms with Crippen molar-refractivity contribution in [2.45, 2.75) is 31.5 Å². The van der Waals surface area contributed by atoms with Gasteiger partial charge in [-0.2, -0.15) is 13.2 Å². The molecule has 6 heteroatoms. The molecule has 0 bridgehead atoms. The first kappa shape index (κ1) is 12.8. The summed E-state index contributed by atoms with van der Waals surface area (Å²) in [6.07, 6.45) is -3.57. The molecule has 3 N–H and O–H groups in total. The molecule has 1 aromatic rings. The van der Waals surface area contributed by atoms with E-state index in [0.717, 1.165) is 0 Å². The van der Waals surface area contributed by atoms with Crippen LogP contribution >= 0.6 is 0 Å². The lowest BCUT2D eigenvalue weighted by atomic mass is 10.0. The lowest BCUT2D eigenvalue weighted by Crippen LogP contribution is -2.17. The van der Waals surface area contributed by atoms with Gasteiger partial charge in [0.15, 0.2) is 0 Å². The van der Waals surface area contributed by atoms with Gasteiger partial charge in [0.1, 0.15) is 0 Å². The van der Waals surface area contributed by atoms with Gasteiger partial charge in [-0.15, -0.1) is 0 Å². The molecule has 0 aromatic carbocycles. The summed E-state index contributed by atoms with van der Waals surface area (Å²) in [5.74, 6) is 0. The minimum absolute atomic E-state index is 0.0930. The van der Waals surface area contributed by atoms with Gasteiger partial charge in [0.05, 0.1) is 6.10 Å². The fourth-order valence-electron chi connectivity index (χ4n) is 1.29. The fourth-order valence-corrected chi connectivity index (χ4v) is 1.29. The smallest absolute Gasteiger partial charge is 0.389 e. The van der Waals surface area contributed by atoms with Gasteiger partial charge in [0.2, 0.25) is 0 Å². The molecule has 90 valence electrons. The van der Waals surface area contributed by atoms with Crippen molar-refractivity contribution < 1.29 is 18.3 Å². The lowest BCUT2D eigenvalue weighted by molar-refractivity contribution is -0.139. The van der Waals surface area contributed by atoms with Crippen molar-refractivity contribution in [3.05, 3.63) is 24.0 Å². The third-order valence-corrected chi connectivity index (χ3v) is 2.16. The van der Waals surface area contributed by atoms with Crippen LogP contribution in [0, 0.1) is 0 Å². The van der Waals surface area contributed by atoms with Crippen LogP contribution in [0.15, 0.2) is 18.5 Å². The number of pyridine rings is 1. The molecule has 1 atom stereocenters. The summed E-state index contributed by atoms with van der Waals surface area (Å²) in [5, 5.41) is 9.41. The normalized spacial score (nSPS) is 13.8. The number of anilines is 1. The highest BCUT2D eigenvalue weighted by atomic mass is 19.4. The van der Waals surface area contributed by atoms with E-state index in [0.29, 0.717) is 11.3 Å². The van der Waals surface area contributed by atoms with Crippen molar-refractivity contribution in [1.82, 2.24) is 4.98 Å². The van der Waals surface area contributed by atoms with Gasteiger partial charge in [-0.25, -0.2) is 0 Å². The van der Waals surface area contributed by atoms with Crippen molar-refractivity contribution in [3.8, 4) is 0 Å². The second-order valence-corrected chi connectivity index (χ2v) is 3.59. The third-order valence-electron chi connectivity index (χ3n) is 2.16. The second kappa shape index (κ2) is 5.16. The largest absolute Gasteiger partial charge is 0.398 e. The molecule has 1 unspecified atom stereocenters. The van der Waals surface area contributed by atoms with Crippen molar-refractivity contribution in [3.63, 3.8) is 0 Å². The van der Waals surface area contributed by atoms with Gasteiger partial charge in [-0.3, -0.25) is 4.98 Å². The Morgan fingerprint density at radius 1 is 1.44 bits per heavy atom. The molecule has 0 aliphatic heterocycles. The molecule has 0 aliphatic rings. The van der Waals surface area contributed by atoms with E-state index in [9.17, 15) is 18.3 Å². The number of alkyl halides is 3. The quantitative estimate of drug-likeness (QED) is 0.836. The lowest BCUT2D eigenvalue weighted by Gasteiger charge is -2.13. The van der Waals surface area contributed by atoms with E-state index in [1.54, 1.807) is 6.07 Å². The Morgan fingerprint density at radius 3 is 2.69 bits per heavy atom. The molecule has 0 saturated carbocycles. The van der Waals surface area contributed by atoms with Crippen LogP contribution in [-0.2, 0) is 6.42 Å². The molecule has 1 aromatic heterocycles. The van der Waals surface area contributed by atoms with E-state index >= 15 is 0 Å². The number of aliphatic hydroxyl groups excluding tert-OH is 1. The van der Waals surface area contributed by atoms with Crippen molar-refractivity contribution >= 4 is 5.69 Å². The average Bonchev–Trinajstić information content (AvgIpc) is 2.18.